The molecule has 5 rings (SSSR count). The van der Waals surface area contributed by atoms with Gasteiger partial charge in [0.05, 0.1) is 10.9 Å². The van der Waals surface area contributed by atoms with E-state index in [1.807, 2.05) is 6.07 Å². The van der Waals surface area contributed by atoms with E-state index in [4.69, 9.17) is 16.6 Å². The molecular weight excluding hydrogens is 418 g/mol. The molecule has 3 heterocycles. The van der Waals surface area contributed by atoms with Gasteiger partial charge < -0.3 is 9.88 Å². The number of aryl methyl sites for hydroxylation is 1. The summed E-state index contributed by atoms with van der Waals surface area (Å²) in [6.45, 7) is 6.47. The Morgan fingerprint density at radius 3 is 2.78 bits per heavy atom. The highest BCUT2D eigenvalue weighted by atomic mass is 35.5. The molecule has 1 fully saturated rings. The van der Waals surface area contributed by atoms with Crippen molar-refractivity contribution in [3.05, 3.63) is 59.6 Å². The highest BCUT2D eigenvalue weighted by Gasteiger charge is 2.27. The number of fused-ring (bicyclic) bond motifs is 2. The third-order valence-electron chi connectivity index (χ3n) is 6.47. The van der Waals surface area contributed by atoms with Crippen molar-refractivity contribution < 1.29 is 0 Å². The second kappa shape index (κ2) is 8.36. The average Bonchev–Trinajstić information content (AvgIpc) is 3.38. The summed E-state index contributed by atoms with van der Waals surface area (Å²) >= 11 is 6.23. The number of halogens is 1. The van der Waals surface area contributed by atoms with Gasteiger partial charge in [0.2, 0.25) is 0 Å². The molecule has 0 saturated heterocycles. The predicted molar refractivity (Wildman–Crippen MR) is 132 cm³/mol. The number of nitrogens with zero attached hydrogens (tertiary/aromatic N) is 4. The van der Waals surface area contributed by atoms with Gasteiger partial charge in [0.25, 0.3) is 0 Å². The third kappa shape index (κ3) is 4.44. The standard InChI is InChI=1S/C26H30ClN5/c1-26(2,3)31-23-11-9-19-8-6-18(15-22(19)30-23)5-4-17-7-10-20(14-17)32-13-12-21-24(27)28-16-29-25(21)32/h6,8-9,11-13,15-17,20H,4-5,7,10,14H2,1-3H3,(H,30,31). The molecule has 166 valence electrons. The van der Waals surface area contributed by atoms with Crippen LogP contribution in [-0.4, -0.2) is 25.1 Å². The Morgan fingerprint density at radius 1 is 1.09 bits per heavy atom. The molecule has 0 aliphatic heterocycles. The maximum Gasteiger partial charge on any atom is 0.145 e. The Kier molecular flexibility index (Phi) is 5.54. The molecule has 32 heavy (non-hydrogen) atoms. The Balaban J connectivity index is 1.25. The van der Waals surface area contributed by atoms with E-state index in [0.29, 0.717) is 11.2 Å². The Labute approximate surface area is 194 Å². The lowest BCUT2D eigenvalue weighted by Gasteiger charge is -2.21. The minimum atomic E-state index is -0.000288. The van der Waals surface area contributed by atoms with Crippen LogP contribution >= 0.6 is 11.6 Å². The van der Waals surface area contributed by atoms with Crippen LogP contribution in [0, 0.1) is 5.92 Å². The fourth-order valence-corrected chi connectivity index (χ4v) is 5.13. The normalized spacial score (nSPS) is 19.1. The monoisotopic (exact) mass is 447 g/mol. The molecule has 1 aliphatic rings. The van der Waals surface area contributed by atoms with Crippen LogP contribution < -0.4 is 5.32 Å². The van der Waals surface area contributed by atoms with Gasteiger partial charge >= 0.3 is 0 Å². The summed E-state index contributed by atoms with van der Waals surface area (Å²) in [6, 6.07) is 13.5. The molecule has 0 bridgehead atoms. The second-order valence-corrected chi connectivity index (χ2v) is 10.5. The van der Waals surface area contributed by atoms with E-state index in [9.17, 15) is 0 Å². The van der Waals surface area contributed by atoms with E-state index in [1.165, 1.54) is 36.6 Å². The summed E-state index contributed by atoms with van der Waals surface area (Å²) in [5.74, 6) is 1.66. The maximum absolute atomic E-state index is 6.23. The quantitative estimate of drug-likeness (QED) is 0.341. The molecule has 1 aliphatic carbocycles. The van der Waals surface area contributed by atoms with Crippen molar-refractivity contribution in [2.75, 3.05) is 5.32 Å². The average molecular weight is 448 g/mol. The van der Waals surface area contributed by atoms with Gasteiger partial charge in [-0.1, -0.05) is 23.7 Å². The van der Waals surface area contributed by atoms with Crippen molar-refractivity contribution in [2.24, 2.45) is 5.92 Å². The molecule has 3 aromatic heterocycles. The number of nitrogens with one attached hydrogen (secondary N) is 1. The molecule has 2 atom stereocenters. The topological polar surface area (TPSA) is 55.6 Å². The molecule has 0 amide bonds. The number of pyridine rings is 1. The number of anilines is 1. The summed E-state index contributed by atoms with van der Waals surface area (Å²) in [7, 11) is 0. The smallest absolute Gasteiger partial charge is 0.145 e. The van der Waals surface area contributed by atoms with Gasteiger partial charge in [-0.25, -0.2) is 15.0 Å². The molecule has 1 aromatic carbocycles. The van der Waals surface area contributed by atoms with Crippen molar-refractivity contribution in [1.82, 2.24) is 19.5 Å². The van der Waals surface area contributed by atoms with Crippen LogP contribution in [-0.2, 0) is 6.42 Å². The van der Waals surface area contributed by atoms with Gasteiger partial charge in [-0.2, -0.15) is 0 Å². The minimum Gasteiger partial charge on any atom is -0.365 e. The molecule has 1 saturated carbocycles. The van der Waals surface area contributed by atoms with Gasteiger partial charge in [-0.3, -0.25) is 0 Å². The van der Waals surface area contributed by atoms with Crippen LogP contribution in [0.3, 0.4) is 0 Å². The summed E-state index contributed by atoms with van der Waals surface area (Å²) in [5.41, 5.74) is 3.39. The van der Waals surface area contributed by atoms with E-state index in [1.54, 1.807) is 6.33 Å². The number of aromatic nitrogens is 4. The highest BCUT2D eigenvalue weighted by molar-refractivity contribution is 6.33. The fourth-order valence-electron chi connectivity index (χ4n) is 4.94. The number of hydrogen-bond donors (Lipinski definition) is 1. The van der Waals surface area contributed by atoms with E-state index >= 15 is 0 Å². The minimum absolute atomic E-state index is 0.000288. The number of benzene rings is 1. The summed E-state index contributed by atoms with van der Waals surface area (Å²) in [5, 5.41) is 6.14. The van der Waals surface area contributed by atoms with Gasteiger partial charge in [0.15, 0.2) is 0 Å². The molecular formula is C26H30ClN5. The fraction of sp³-hybridized carbons (Fsp3) is 0.423. The first-order valence-electron chi connectivity index (χ1n) is 11.5. The van der Waals surface area contributed by atoms with Crippen molar-refractivity contribution >= 4 is 39.4 Å². The van der Waals surface area contributed by atoms with Crippen molar-refractivity contribution in [3.8, 4) is 0 Å². The maximum atomic E-state index is 6.23. The van der Waals surface area contributed by atoms with Crippen LogP contribution in [0.25, 0.3) is 21.9 Å². The largest absolute Gasteiger partial charge is 0.365 e. The molecule has 0 radical (unpaired) electrons. The van der Waals surface area contributed by atoms with Crippen LogP contribution in [0.1, 0.15) is 58.1 Å². The Bertz CT molecular complexity index is 1260. The second-order valence-electron chi connectivity index (χ2n) is 10.1. The van der Waals surface area contributed by atoms with E-state index in [-0.39, 0.29) is 5.54 Å². The van der Waals surface area contributed by atoms with E-state index in [0.717, 1.165) is 34.7 Å². The first kappa shape index (κ1) is 21.2. The van der Waals surface area contributed by atoms with E-state index < -0.39 is 0 Å². The van der Waals surface area contributed by atoms with Gasteiger partial charge in [0, 0.05) is 23.2 Å². The summed E-state index contributed by atoms with van der Waals surface area (Å²) in [6.07, 6.45) is 9.62. The zero-order valence-electron chi connectivity index (χ0n) is 19.0. The summed E-state index contributed by atoms with van der Waals surface area (Å²) in [4.78, 5) is 13.4. The van der Waals surface area contributed by atoms with Crippen LogP contribution in [0.5, 0.6) is 0 Å². The highest BCUT2D eigenvalue weighted by Crippen LogP contribution is 2.39. The Hall–Kier alpha value is -2.66. The molecule has 1 N–H and O–H groups in total. The summed E-state index contributed by atoms with van der Waals surface area (Å²) < 4.78 is 2.30. The lowest BCUT2D eigenvalue weighted by Crippen LogP contribution is -2.26. The lowest BCUT2D eigenvalue weighted by molar-refractivity contribution is 0.461. The molecule has 0 spiro atoms. The number of hydrogen-bond acceptors (Lipinski definition) is 4. The van der Waals surface area contributed by atoms with Crippen LogP contribution in [0.4, 0.5) is 5.82 Å². The molecule has 2 unspecified atom stereocenters. The predicted octanol–water partition coefficient (Wildman–Crippen LogP) is 6.82. The van der Waals surface area contributed by atoms with Crippen molar-refractivity contribution in [2.45, 2.75) is 64.5 Å². The number of rotatable bonds is 5. The van der Waals surface area contributed by atoms with E-state index in [2.05, 4.69) is 77.2 Å². The van der Waals surface area contributed by atoms with Gasteiger partial charge in [0.1, 0.15) is 22.9 Å². The molecule has 5 nitrogen and oxygen atoms in total. The first-order valence-corrected chi connectivity index (χ1v) is 11.9. The van der Waals surface area contributed by atoms with Gasteiger partial charge in [-0.15, -0.1) is 0 Å². The van der Waals surface area contributed by atoms with Gasteiger partial charge in [-0.05, 0) is 88.6 Å². The molecule has 6 heteroatoms. The Morgan fingerprint density at radius 2 is 1.94 bits per heavy atom. The zero-order valence-corrected chi connectivity index (χ0v) is 19.7. The van der Waals surface area contributed by atoms with Crippen molar-refractivity contribution in [3.63, 3.8) is 0 Å². The SMILES string of the molecule is CC(C)(C)Nc1ccc2ccc(CCC3CCC(n4ccc5c(Cl)ncnc54)C3)cc2n1. The third-order valence-corrected chi connectivity index (χ3v) is 6.77. The van der Waals surface area contributed by atoms with Crippen LogP contribution in [0.15, 0.2) is 48.9 Å². The first-order chi connectivity index (χ1) is 15.4. The molecule has 4 aromatic rings. The van der Waals surface area contributed by atoms with Crippen molar-refractivity contribution in [1.29, 1.82) is 0 Å². The zero-order chi connectivity index (χ0) is 22.3. The van der Waals surface area contributed by atoms with Crippen LogP contribution in [0.2, 0.25) is 5.15 Å². The lowest BCUT2D eigenvalue weighted by atomic mass is 9.97.